The zero-order valence-electron chi connectivity index (χ0n) is 15.8. The highest BCUT2D eigenvalue weighted by molar-refractivity contribution is 5.80. The predicted molar refractivity (Wildman–Crippen MR) is 100 cm³/mol. The number of carboxylic acids is 2. The fourth-order valence-corrected chi connectivity index (χ4v) is 3.29. The first kappa shape index (κ1) is 21.2. The third-order valence-electron chi connectivity index (χ3n) is 4.92. The van der Waals surface area contributed by atoms with Gasteiger partial charge >= 0.3 is 11.9 Å². The standard InChI is InChI=1S/C21H32O4/c1-4-5-6-7-8-9-10-12-17-13-11-14-18(15(2)20(22)23)19(17)16(3)21(24)25/h11,13-16H,4-10,12H2,1-3H3,(H,22,23)(H,24,25). The number of carboxylic acid groups (broad SMARTS) is 2. The Morgan fingerprint density at radius 2 is 1.44 bits per heavy atom. The van der Waals surface area contributed by atoms with E-state index < -0.39 is 23.8 Å². The normalized spacial score (nSPS) is 13.4. The van der Waals surface area contributed by atoms with Crippen LogP contribution in [0, 0.1) is 0 Å². The van der Waals surface area contributed by atoms with E-state index in [0.717, 1.165) is 24.8 Å². The average molecular weight is 348 g/mol. The summed E-state index contributed by atoms with van der Waals surface area (Å²) in [6.45, 7) is 5.47. The Morgan fingerprint density at radius 3 is 2.00 bits per heavy atom. The topological polar surface area (TPSA) is 74.6 Å². The van der Waals surface area contributed by atoms with Gasteiger partial charge in [-0.15, -0.1) is 0 Å². The number of hydrogen-bond acceptors (Lipinski definition) is 2. The Morgan fingerprint density at radius 1 is 0.880 bits per heavy atom. The fourth-order valence-electron chi connectivity index (χ4n) is 3.29. The van der Waals surface area contributed by atoms with Gasteiger partial charge in [-0.05, 0) is 43.4 Å². The molecule has 0 saturated heterocycles. The van der Waals surface area contributed by atoms with Crippen molar-refractivity contribution < 1.29 is 19.8 Å². The molecule has 0 aromatic heterocycles. The minimum atomic E-state index is -0.924. The van der Waals surface area contributed by atoms with Crippen LogP contribution in [0.4, 0.5) is 0 Å². The monoisotopic (exact) mass is 348 g/mol. The van der Waals surface area contributed by atoms with Crippen LogP contribution in [0.15, 0.2) is 18.2 Å². The molecular weight excluding hydrogens is 316 g/mol. The fraction of sp³-hybridized carbons (Fsp3) is 0.619. The minimum Gasteiger partial charge on any atom is -0.481 e. The van der Waals surface area contributed by atoms with Crippen molar-refractivity contribution in [2.45, 2.75) is 84.0 Å². The summed E-state index contributed by atoms with van der Waals surface area (Å²) in [5, 5.41) is 18.8. The zero-order chi connectivity index (χ0) is 18.8. The summed E-state index contributed by atoms with van der Waals surface area (Å²) >= 11 is 0. The van der Waals surface area contributed by atoms with E-state index in [1.165, 1.54) is 32.1 Å². The van der Waals surface area contributed by atoms with E-state index in [4.69, 9.17) is 0 Å². The Balaban J connectivity index is 2.85. The second kappa shape index (κ2) is 10.9. The number of aliphatic carboxylic acids is 2. The maximum atomic E-state index is 11.5. The van der Waals surface area contributed by atoms with Gasteiger partial charge in [0.25, 0.3) is 0 Å². The maximum Gasteiger partial charge on any atom is 0.310 e. The molecule has 0 heterocycles. The lowest BCUT2D eigenvalue weighted by molar-refractivity contribution is -0.140. The van der Waals surface area contributed by atoms with Gasteiger partial charge < -0.3 is 10.2 Å². The molecule has 2 unspecified atom stereocenters. The van der Waals surface area contributed by atoms with Crippen LogP contribution in [0.25, 0.3) is 0 Å². The summed E-state index contributed by atoms with van der Waals surface area (Å²) in [6, 6.07) is 5.55. The van der Waals surface area contributed by atoms with Gasteiger partial charge in [0.1, 0.15) is 0 Å². The van der Waals surface area contributed by atoms with Gasteiger partial charge in [0.15, 0.2) is 0 Å². The van der Waals surface area contributed by atoms with Crippen molar-refractivity contribution in [3.8, 4) is 0 Å². The lowest BCUT2D eigenvalue weighted by atomic mass is 9.84. The predicted octanol–water partition coefficient (Wildman–Crippen LogP) is 5.36. The van der Waals surface area contributed by atoms with Crippen molar-refractivity contribution >= 4 is 11.9 Å². The van der Waals surface area contributed by atoms with Crippen molar-refractivity contribution in [1.29, 1.82) is 0 Å². The number of hydrogen-bond donors (Lipinski definition) is 2. The van der Waals surface area contributed by atoms with E-state index in [2.05, 4.69) is 6.92 Å². The van der Waals surface area contributed by atoms with Crippen LogP contribution in [0.5, 0.6) is 0 Å². The van der Waals surface area contributed by atoms with E-state index in [-0.39, 0.29) is 0 Å². The molecule has 2 N–H and O–H groups in total. The average Bonchev–Trinajstić information content (AvgIpc) is 2.59. The van der Waals surface area contributed by atoms with Crippen molar-refractivity contribution in [2.75, 3.05) is 0 Å². The minimum absolute atomic E-state index is 0.628. The molecule has 0 bridgehead atoms. The summed E-state index contributed by atoms with van der Waals surface area (Å²) in [4.78, 5) is 22.9. The largest absolute Gasteiger partial charge is 0.481 e. The van der Waals surface area contributed by atoms with Crippen LogP contribution in [0.2, 0.25) is 0 Å². The Hall–Kier alpha value is -1.84. The van der Waals surface area contributed by atoms with Crippen LogP contribution in [-0.4, -0.2) is 22.2 Å². The summed E-state index contributed by atoms with van der Waals surface area (Å²) < 4.78 is 0. The molecule has 4 heteroatoms. The highest BCUT2D eigenvalue weighted by Crippen LogP contribution is 2.31. The lowest BCUT2D eigenvalue weighted by Crippen LogP contribution is -2.17. The number of rotatable bonds is 12. The highest BCUT2D eigenvalue weighted by Gasteiger charge is 2.25. The van der Waals surface area contributed by atoms with Gasteiger partial charge in [0.05, 0.1) is 11.8 Å². The molecule has 0 aliphatic rings. The van der Waals surface area contributed by atoms with Crippen molar-refractivity contribution in [3.63, 3.8) is 0 Å². The molecule has 4 nitrogen and oxygen atoms in total. The first-order valence-electron chi connectivity index (χ1n) is 9.47. The van der Waals surface area contributed by atoms with Gasteiger partial charge in [-0.1, -0.05) is 63.6 Å². The van der Waals surface area contributed by atoms with Crippen LogP contribution < -0.4 is 0 Å². The molecule has 0 aliphatic carbocycles. The van der Waals surface area contributed by atoms with Gasteiger partial charge in [0, 0.05) is 0 Å². The lowest BCUT2D eigenvalue weighted by Gasteiger charge is -2.20. The van der Waals surface area contributed by atoms with E-state index in [1.54, 1.807) is 19.9 Å². The van der Waals surface area contributed by atoms with E-state index in [0.29, 0.717) is 11.1 Å². The van der Waals surface area contributed by atoms with E-state index in [9.17, 15) is 19.8 Å². The molecule has 1 aromatic carbocycles. The smallest absolute Gasteiger partial charge is 0.310 e. The third-order valence-corrected chi connectivity index (χ3v) is 4.92. The Labute approximate surface area is 151 Å². The highest BCUT2D eigenvalue weighted by atomic mass is 16.4. The molecule has 1 aromatic rings. The van der Waals surface area contributed by atoms with Crippen LogP contribution >= 0.6 is 0 Å². The third kappa shape index (κ3) is 6.52. The van der Waals surface area contributed by atoms with Crippen LogP contribution in [0.1, 0.15) is 94.2 Å². The second-order valence-corrected chi connectivity index (χ2v) is 6.91. The molecule has 1 rings (SSSR count). The summed E-state index contributed by atoms with van der Waals surface area (Å²) in [6.07, 6.45) is 9.21. The van der Waals surface area contributed by atoms with Crippen LogP contribution in [0.3, 0.4) is 0 Å². The molecule has 0 radical (unpaired) electrons. The molecule has 140 valence electrons. The zero-order valence-corrected chi connectivity index (χ0v) is 15.8. The number of aryl methyl sites for hydroxylation is 1. The van der Waals surface area contributed by atoms with Crippen molar-refractivity contribution in [2.24, 2.45) is 0 Å². The van der Waals surface area contributed by atoms with Gasteiger partial charge in [-0.25, -0.2) is 0 Å². The molecule has 0 fully saturated rings. The molecular formula is C21H32O4. The maximum absolute atomic E-state index is 11.5. The summed E-state index contributed by atoms with van der Waals surface area (Å²) in [5.74, 6) is -3.24. The van der Waals surface area contributed by atoms with E-state index in [1.807, 2.05) is 12.1 Å². The summed E-state index contributed by atoms with van der Waals surface area (Å²) in [5.41, 5.74) is 2.30. The quantitative estimate of drug-likeness (QED) is 0.499. The van der Waals surface area contributed by atoms with E-state index >= 15 is 0 Å². The van der Waals surface area contributed by atoms with Crippen molar-refractivity contribution in [1.82, 2.24) is 0 Å². The van der Waals surface area contributed by atoms with Gasteiger partial charge in [-0.3, -0.25) is 9.59 Å². The first-order valence-corrected chi connectivity index (χ1v) is 9.47. The van der Waals surface area contributed by atoms with Crippen molar-refractivity contribution in [3.05, 3.63) is 34.9 Å². The SMILES string of the molecule is CCCCCCCCCc1cccc(C(C)C(=O)O)c1C(C)C(=O)O. The molecule has 0 amide bonds. The Kier molecular flexibility index (Phi) is 9.25. The van der Waals surface area contributed by atoms with Gasteiger partial charge in [0.2, 0.25) is 0 Å². The molecule has 2 atom stereocenters. The Bertz CT molecular complexity index is 565. The number of unbranched alkanes of at least 4 members (excludes halogenated alkanes) is 6. The molecule has 0 spiro atoms. The number of benzene rings is 1. The van der Waals surface area contributed by atoms with Gasteiger partial charge in [-0.2, -0.15) is 0 Å². The molecule has 25 heavy (non-hydrogen) atoms. The molecule has 0 aliphatic heterocycles. The number of carbonyl (C=O) groups is 2. The second-order valence-electron chi connectivity index (χ2n) is 6.91. The molecule has 0 saturated carbocycles. The first-order chi connectivity index (χ1) is 11.9. The summed E-state index contributed by atoms with van der Waals surface area (Å²) in [7, 11) is 0. The van der Waals surface area contributed by atoms with Crippen LogP contribution in [-0.2, 0) is 16.0 Å².